The Labute approximate surface area is 117 Å². The van der Waals surface area contributed by atoms with Crippen LogP contribution < -0.4 is 0 Å². The Balaban J connectivity index is 1.69. The van der Waals surface area contributed by atoms with E-state index >= 15 is 0 Å². The second-order valence-corrected chi connectivity index (χ2v) is 4.84. The van der Waals surface area contributed by atoms with Crippen molar-refractivity contribution in [1.29, 1.82) is 0 Å². The maximum absolute atomic E-state index is 10.0. The minimum absolute atomic E-state index is 0.0789. The Morgan fingerprint density at radius 2 is 1.60 bits per heavy atom. The van der Waals surface area contributed by atoms with Gasteiger partial charge in [-0.3, -0.25) is 0 Å². The Hall–Kier alpha value is -2.10. The number of aliphatic hydroxyl groups excluding tert-OH is 2. The molecule has 1 saturated heterocycles. The molecule has 3 atom stereocenters. The maximum atomic E-state index is 10.0. The highest BCUT2D eigenvalue weighted by molar-refractivity contribution is 5.28. The average molecular weight is 268 g/mol. The molecule has 0 aliphatic carbocycles. The molecular weight excluding hydrogens is 252 g/mol. The summed E-state index contributed by atoms with van der Waals surface area (Å²) in [6.45, 7) is 0. The van der Waals surface area contributed by atoms with Gasteiger partial charge >= 0.3 is 0 Å². The van der Waals surface area contributed by atoms with E-state index < -0.39 is 6.10 Å². The Morgan fingerprint density at radius 3 is 2.25 bits per heavy atom. The summed E-state index contributed by atoms with van der Waals surface area (Å²) in [6, 6.07) is 19.0. The van der Waals surface area contributed by atoms with Crippen molar-refractivity contribution < 1.29 is 14.9 Å². The van der Waals surface area contributed by atoms with Crippen LogP contribution in [0.3, 0.4) is 0 Å². The zero-order chi connectivity index (χ0) is 13.9. The summed E-state index contributed by atoms with van der Waals surface area (Å²) in [4.78, 5) is 0. The molecule has 0 amide bonds. The lowest BCUT2D eigenvalue weighted by molar-refractivity contribution is 0.217. The number of ether oxygens (including phenoxy) is 1. The van der Waals surface area contributed by atoms with Crippen molar-refractivity contribution in [3.63, 3.8) is 0 Å². The van der Waals surface area contributed by atoms with E-state index in [1.54, 1.807) is 0 Å². The molecule has 3 rings (SSSR count). The third-order valence-corrected chi connectivity index (χ3v) is 3.38. The molecule has 3 heteroatoms. The summed E-state index contributed by atoms with van der Waals surface area (Å²) in [5.41, 5.74) is 1.78. The molecule has 1 aliphatic heterocycles. The average Bonchev–Trinajstić information content (AvgIpc) is 3.29. The Morgan fingerprint density at radius 1 is 1.00 bits per heavy atom. The standard InChI is InChI=1S/C17H16O3/c18-14(12-7-3-1-4-8-12)11-15(19)17-16(20-17)13-9-5-2-6-10-13/h1-11,14,16-19H/b15-11-/t14?,16-,17-/m0/s1. The third-order valence-electron chi connectivity index (χ3n) is 3.38. The number of hydrogen-bond acceptors (Lipinski definition) is 3. The summed E-state index contributed by atoms with van der Waals surface area (Å²) in [5, 5.41) is 20.1. The van der Waals surface area contributed by atoms with Crippen LogP contribution in [-0.4, -0.2) is 16.3 Å². The van der Waals surface area contributed by atoms with Crippen molar-refractivity contribution in [3.8, 4) is 0 Å². The molecule has 1 fully saturated rings. The van der Waals surface area contributed by atoms with E-state index in [0.29, 0.717) is 0 Å². The smallest absolute Gasteiger partial charge is 0.145 e. The van der Waals surface area contributed by atoms with Crippen LogP contribution in [0.2, 0.25) is 0 Å². The van der Waals surface area contributed by atoms with E-state index in [0.717, 1.165) is 11.1 Å². The van der Waals surface area contributed by atoms with E-state index in [1.165, 1.54) is 6.08 Å². The third kappa shape index (κ3) is 2.74. The fraction of sp³-hybridized carbons (Fsp3) is 0.176. The van der Waals surface area contributed by atoms with Gasteiger partial charge in [0.25, 0.3) is 0 Å². The first-order valence-electron chi connectivity index (χ1n) is 6.60. The zero-order valence-corrected chi connectivity index (χ0v) is 10.9. The topological polar surface area (TPSA) is 53.0 Å². The van der Waals surface area contributed by atoms with Crippen LogP contribution in [0.15, 0.2) is 72.5 Å². The van der Waals surface area contributed by atoms with Gasteiger partial charge in [-0.1, -0.05) is 60.7 Å². The number of epoxide rings is 1. The normalized spacial score (nSPS) is 23.4. The van der Waals surface area contributed by atoms with E-state index in [1.807, 2.05) is 60.7 Å². The van der Waals surface area contributed by atoms with Crippen molar-refractivity contribution in [2.45, 2.75) is 18.3 Å². The van der Waals surface area contributed by atoms with Crippen LogP contribution in [0, 0.1) is 0 Å². The van der Waals surface area contributed by atoms with Gasteiger partial charge in [0, 0.05) is 0 Å². The lowest BCUT2D eigenvalue weighted by Crippen LogP contribution is -1.99. The summed E-state index contributed by atoms with van der Waals surface area (Å²) in [7, 11) is 0. The molecule has 3 nitrogen and oxygen atoms in total. The minimum atomic E-state index is -0.822. The van der Waals surface area contributed by atoms with Crippen LogP contribution in [0.1, 0.15) is 23.3 Å². The zero-order valence-electron chi connectivity index (χ0n) is 10.9. The van der Waals surface area contributed by atoms with Crippen molar-refractivity contribution >= 4 is 0 Å². The van der Waals surface area contributed by atoms with E-state index in [-0.39, 0.29) is 18.0 Å². The fourth-order valence-electron chi connectivity index (χ4n) is 2.24. The van der Waals surface area contributed by atoms with Crippen LogP contribution in [0.4, 0.5) is 0 Å². The minimum Gasteiger partial charge on any atom is -0.510 e. The second-order valence-electron chi connectivity index (χ2n) is 4.84. The molecule has 1 unspecified atom stereocenters. The number of aliphatic hydroxyl groups is 2. The van der Waals surface area contributed by atoms with Gasteiger partial charge in [0.05, 0.1) is 0 Å². The van der Waals surface area contributed by atoms with Crippen LogP contribution in [0.5, 0.6) is 0 Å². The fourth-order valence-corrected chi connectivity index (χ4v) is 2.24. The quantitative estimate of drug-likeness (QED) is 0.660. The molecule has 0 spiro atoms. The maximum Gasteiger partial charge on any atom is 0.145 e. The van der Waals surface area contributed by atoms with Crippen molar-refractivity contribution in [2.75, 3.05) is 0 Å². The van der Waals surface area contributed by atoms with Gasteiger partial charge in [0.1, 0.15) is 24.1 Å². The first-order valence-corrected chi connectivity index (χ1v) is 6.60. The van der Waals surface area contributed by atoms with Crippen molar-refractivity contribution in [3.05, 3.63) is 83.6 Å². The van der Waals surface area contributed by atoms with Gasteiger partial charge in [-0.15, -0.1) is 0 Å². The monoisotopic (exact) mass is 268 g/mol. The van der Waals surface area contributed by atoms with Gasteiger partial charge in [0.2, 0.25) is 0 Å². The molecule has 1 heterocycles. The molecule has 20 heavy (non-hydrogen) atoms. The first-order chi connectivity index (χ1) is 9.75. The van der Waals surface area contributed by atoms with Gasteiger partial charge in [-0.2, -0.15) is 0 Å². The lowest BCUT2D eigenvalue weighted by atomic mass is 10.1. The Bertz CT molecular complexity index is 592. The van der Waals surface area contributed by atoms with Gasteiger partial charge in [0.15, 0.2) is 0 Å². The van der Waals surface area contributed by atoms with Crippen LogP contribution in [0.25, 0.3) is 0 Å². The molecule has 2 aromatic carbocycles. The summed E-state index contributed by atoms with van der Waals surface area (Å²) in [5.74, 6) is 0.0789. The number of benzene rings is 2. The molecule has 0 radical (unpaired) electrons. The van der Waals surface area contributed by atoms with Crippen molar-refractivity contribution in [1.82, 2.24) is 0 Å². The van der Waals surface area contributed by atoms with Gasteiger partial charge < -0.3 is 14.9 Å². The van der Waals surface area contributed by atoms with Crippen molar-refractivity contribution in [2.24, 2.45) is 0 Å². The van der Waals surface area contributed by atoms with E-state index in [9.17, 15) is 10.2 Å². The molecule has 2 N–H and O–H groups in total. The number of hydrogen-bond donors (Lipinski definition) is 2. The second kappa shape index (κ2) is 5.49. The summed E-state index contributed by atoms with van der Waals surface area (Å²) in [6.07, 6.45) is 0.145. The summed E-state index contributed by atoms with van der Waals surface area (Å²) < 4.78 is 5.47. The largest absolute Gasteiger partial charge is 0.510 e. The van der Waals surface area contributed by atoms with Gasteiger partial charge in [-0.05, 0) is 17.2 Å². The van der Waals surface area contributed by atoms with Crippen LogP contribution >= 0.6 is 0 Å². The highest BCUT2D eigenvalue weighted by atomic mass is 16.6. The molecule has 1 aliphatic rings. The Kier molecular flexibility index (Phi) is 3.54. The molecule has 2 aromatic rings. The predicted molar refractivity (Wildman–Crippen MR) is 76.2 cm³/mol. The molecule has 0 bridgehead atoms. The lowest BCUT2D eigenvalue weighted by Gasteiger charge is -2.06. The predicted octanol–water partition coefficient (Wildman–Crippen LogP) is 3.30. The highest BCUT2D eigenvalue weighted by Crippen LogP contribution is 2.42. The molecule has 0 aromatic heterocycles. The highest BCUT2D eigenvalue weighted by Gasteiger charge is 2.43. The summed E-state index contributed by atoms with van der Waals surface area (Å²) >= 11 is 0. The number of rotatable bonds is 4. The van der Waals surface area contributed by atoms with Crippen LogP contribution in [-0.2, 0) is 4.74 Å². The molecular formula is C17H16O3. The molecule has 102 valence electrons. The molecule has 0 saturated carbocycles. The first kappa shape index (κ1) is 12.9. The van der Waals surface area contributed by atoms with E-state index in [4.69, 9.17) is 4.74 Å². The van der Waals surface area contributed by atoms with E-state index in [2.05, 4.69) is 0 Å². The van der Waals surface area contributed by atoms with Gasteiger partial charge in [-0.25, -0.2) is 0 Å². The SMILES string of the molecule is O/C(=C\C(O)c1ccccc1)[C@@H]1O[C@H]1c1ccccc1.